The van der Waals surface area contributed by atoms with Gasteiger partial charge in [-0.1, -0.05) is 17.7 Å². The van der Waals surface area contributed by atoms with Crippen molar-refractivity contribution in [3.63, 3.8) is 0 Å². The normalized spacial score (nSPS) is 20.9. The largest absolute Gasteiger partial charge is 0.378 e. The third kappa shape index (κ3) is 4.71. The van der Waals surface area contributed by atoms with Crippen LogP contribution in [0.25, 0.3) is 0 Å². The van der Waals surface area contributed by atoms with E-state index >= 15 is 0 Å². The van der Waals surface area contributed by atoms with Gasteiger partial charge in [-0.05, 0) is 37.1 Å². The number of morpholine rings is 1. The summed E-state index contributed by atoms with van der Waals surface area (Å²) in [5.41, 5.74) is 1.19. The molecule has 0 saturated carbocycles. The molecule has 7 nitrogen and oxygen atoms in total. The molecule has 0 N–H and O–H groups in total. The smallest absolute Gasteiger partial charge is 0.227 e. The Bertz CT molecular complexity index is 768. The second kappa shape index (κ2) is 9.03. The van der Waals surface area contributed by atoms with Gasteiger partial charge < -0.3 is 14.5 Å². The highest BCUT2D eigenvalue weighted by atomic mass is 35.5. The van der Waals surface area contributed by atoms with E-state index in [9.17, 15) is 0 Å². The molecular weight excluding hydrogens is 376 g/mol. The topological polar surface area (TPSA) is 57.6 Å². The van der Waals surface area contributed by atoms with Crippen LogP contribution in [0.15, 0.2) is 30.6 Å². The summed E-state index contributed by atoms with van der Waals surface area (Å²) in [5, 5.41) is 0.539. The van der Waals surface area contributed by atoms with Crippen molar-refractivity contribution in [2.75, 3.05) is 56.2 Å². The zero-order valence-electron chi connectivity index (χ0n) is 16.3. The maximum Gasteiger partial charge on any atom is 0.227 e. The van der Waals surface area contributed by atoms with E-state index in [4.69, 9.17) is 21.3 Å². The van der Waals surface area contributed by atoms with Crippen molar-refractivity contribution in [1.29, 1.82) is 0 Å². The van der Waals surface area contributed by atoms with Crippen LogP contribution in [0.4, 0.5) is 11.8 Å². The molecule has 28 heavy (non-hydrogen) atoms. The van der Waals surface area contributed by atoms with Gasteiger partial charge in [-0.2, -0.15) is 4.98 Å². The number of nitrogens with zero attached hydrogens (tertiary/aromatic N) is 6. The summed E-state index contributed by atoms with van der Waals surface area (Å²) in [6.07, 6.45) is 6.05. The number of hydrogen-bond donors (Lipinski definition) is 0. The first kappa shape index (κ1) is 19.4. The predicted octanol–water partition coefficient (Wildman–Crippen LogP) is 2.46. The number of rotatable bonds is 5. The summed E-state index contributed by atoms with van der Waals surface area (Å²) in [6, 6.07) is 6.30. The van der Waals surface area contributed by atoms with Gasteiger partial charge in [0.1, 0.15) is 11.0 Å². The van der Waals surface area contributed by atoms with Crippen LogP contribution in [0.3, 0.4) is 0 Å². The molecule has 2 saturated heterocycles. The van der Waals surface area contributed by atoms with Gasteiger partial charge in [0.05, 0.1) is 13.2 Å². The third-order valence-corrected chi connectivity index (χ3v) is 5.73. The summed E-state index contributed by atoms with van der Waals surface area (Å²) >= 11 is 5.90. The lowest BCUT2D eigenvalue weighted by Crippen LogP contribution is -2.47. The minimum absolute atomic E-state index is 0.397. The quantitative estimate of drug-likeness (QED) is 0.712. The SMILES string of the molecule is CN(c1nccc(N2CCOCC2)n1)C1CCCN(Cc2ccc(Cl)nc2)C1. The van der Waals surface area contributed by atoms with E-state index < -0.39 is 0 Å². The fourth-order valence-electron chi connectivity index (χ4n) is 3.89. The Morgan fingerprint density at radius 1 is 1.18 bits per heavy atom. The van der Waals surface area contributed by atoms with Gasteiger partial charge in [-0.15, -0.1) is 0 Å². The highest BCUT2D eigenvalue weighted by Gasteiger charge is 2.25. The molecule has 150 valence electrons. The fourth-order valence-corrected chi connectivity index (χ4v) is 4.00. The van der Waals surface area contributed by atoms with Gasteiger partial charge in [-0.3, -0.25) is 4.90 Å². The van der Waals surface area contributed by atoms with Crippen LogP contribution < -0.4 is 9.80 Å². The van der Waals surface area contributed by atoms with Gasteiger partial charge >= 0.3 is 0 Å². The van der Waals surface area contributed by atoms with Gasteiger partial charge in [0.15, 0.2) is 0 Å². The number of piperidine rings is 1. The molecule has 0 spiro atoms. The Balaban J connectivity index is 1.41. The molecule has 2 aliphatic heterocycles. The van der Waals surface area contributed by atoms with Crippen molar-refractivity contribution in [1.82, 2.24) is 19.9 Å². The van der Waals surface area contributed by atoms with E-state index in [2.05, 4.69) is 37.8 Å². The highest BCUT2D eigenvalue weighted by Crippen LogP contribution is 2.22. The molecule has 2 fully saturated rings. The van der Waals surface area contributed by atoms with Gasteiger partial charge in [-0.25, -0.2) is 9.97 Å². The number of pyridine rings is 1. The van der Waals surface area contributed by atoms with E-state index in [1.165, 1.54) is 12.0 Å². The van der Waals surface area contributed by atoms with Crippen molar-refractivity contribution in [2.24, 2.45) is 0 Å². The molecule has 1 atom stereocenters. The van der Waals surface area contributed by atoms with Crippen molar-refractivity contribution in [3.05, 3.63) is 41.3 Å². The summed E-state index contributed by atoms with van der Waals surface area (Å²) in [5.74, 6) is 1.78. The maximum atomic E-state index is 5.90. The summed E-state index contributed by atoms with van der Waals surface area (Å²) in [7, 11) is 2.11. The van der Waals surface area contributed by atoms with Crippen molar-refractivity contribution in [3.8, 4) is 0 Å². The molecule has 4 heterocycles. The van der Waals surface area contributed by atoms with Gasteiger partial charge in [0.25, 0.3) is 0 Å². The number of likely N-dealkylation sites (N-methyl/N-ethyl adjacent to an activating group) is 1. The lowest BCUT2D eigenvalue weighted by molar-refractivity contribution is 0.122. The Kier molecular flexibility index (Phi) is 6.24. The highest BCUT2D eigenvalue weighted by molar-refractivity contribution is 6.29. The predicted molar refractivity (Wildman–Crippen MR) is 111 cm³/mol. The molecule has 0 aromatic carbocycles. The maximum absolute atomic E-state index is 5.90. The molecule has 0 aliphatic carbocycles. The van der Waals surface area contributed by atoms with Gasteiger partial charge in [0, 0.05) is 51.7 Å². The number of halogens is 1. The summed E-state index contributed by atoms with van der Waals surface area (Å²) in [6.45, 7) is 6.26. The van der Waals surface area contributed by atoms with Crippen LogP contribution in [-0.4, -0.2) is 72.3 Å². The molecule has 2 aliphatic rings. The van der Waals surface area contributed by atoms with Crippen LogP contribution in [0.1, 0.15) is 18.4 Å². The van der Waals surface area contributed by atoms with Crippen molar-refractivity contribution >= 4 is 23.4 Å². The summed E-state index contributed by atoms with van der Waals surface area (Å²) in [4.78, 5) is 20.5. The lowest BCUT2D eigenvalue weighted by atomic mass is 10.0. The standard InChI is InChI=1S/C20H27ClN6O/c1-25(20-22-7-6-19(24-20)27-9-11-28-12-10-27)17-3-2-8-26(15-17)14-16-4-5-18(21)23-13-16/h4-7,13,17H,2-3,8-12,14-15H2,1H3. The first-order chi connectivity index (χ1) is 13.7. The molecular formula is C20H27ClN6O. The zero-order chi connectivity index (χ0) is 19.3. The molecule has 1 unspecified atom stereocenters. The van der Waals surface area contributed by atoms with E-state index in [1.807, 2.05) is 24.5 Å². The first-order valence-corrected chi connectivity index (χ1v) is 10.3. The average Bonchev–Trinajstić information content (AvgIpc) is 2.76. The van der Waals surface area contributed by atoms with Crippen LogP contribution in [0, 0.1) is 0 Å². The number of hydrogen-bond acceptors (Lipinski definition) is 7. The number of anilines is 2. The number of aromatic nitrogens is 3. The van der Waals surface area contributed by atoms with E-state index in [0.29, 0.717) is 11.2 Å². The van der Waals surface area contributed by atoms with E-state index in [1.54, 1.807) is 0 Å². The Morgan fingerprint density at radius 3 is 2.82 bits per heavy atom. The summed E-state index contributed by atoms with van der Waals surface area (Å²) < 4.78 is 5.45. The first-order valence-electron chi connectivity index (χ1n) is 9.90. The van der Waals surface area contributed by atoms with Crippen LogP contribution in [0.5, 0.6) is 0 Å². The third-order valence-electron chi connectivity index (χ3n) is 5.50. The lowest BCUT2D eigenvalue weighted by Gasteiger charge is -2.38. The minimum atomic E-state index is 0.397. The molecule has 2 aromatic rings. The molecule has 2 aromatic heterocycles. The van der Waals surface area contributed by atoms with E-state index in [-0.39, 0.29) is 0 Å². The molecule has 0 bridgehead atoms. The number of likely N-dealkylation sites (tertiary alicyclic amines) is 1. The Morgan fingerprint density at radius 2 is 2.04 bits per heavy atom. The Hall–Kier alpha value is -1.96. The fraction of sp³-hybridized carbons (Fsp3) is 0.550. The molecule has 0 amide bonds. The average molecular weight is 403 g/mol. The second-order valence-electron chi connectivity index (χ2n) is 7.45. The van der Waals surface area contributed by atoms with Gasteiger partial charge in [0.2, 0.25) is 5.95 Å². The van der Waals surface area contributed by atoms with Crippen LogP contribution >= 0.6 is 11.6 Å². The van der Waals surface area contributed by atoms with E-state index in [0.717, 1.165) is 64.1 Å². The van der Waals surface area contributed by atoms with Crippen LogP contribution in [0.2, 0.25) is 5.15 Å². The van der Waals surface area contributed by atoms with Crippen molar-refractivity contribution < 1.29 is 4.74 Å². The zero-order valence-corrected chi connectivity index (χ0v) is 17.1. The minimum Gasteiger partial charge on any atom is -0.378 e. The molecule has 8 heteroatoms. The second-order valence-corrected chi connectivity index (χ2v) is 7.83. The monoisotopic (exact) mass is 402 g/mol. The number of ether oxygens (including phenoxy) is 1. The molecule has 4 rings (SSSR count). The molecule has 0 radical (unpaired) electrons. The van der Waals surface area contributed by atoms with Crippen LogP contribution in [-0.2, 0) is 11.3 Å². The van der Waals surface area contributed by atoms with Crippen molar-refractivity contribution in [2.45, 2.75) is 25.4 Å². The Labute approximate surface area is 171 Å².